The number of likely N-dealkylation sites (tertiary alicyclic amines) is 2. The van der Waals surface area contributed by atoms with Gasteiger partial charge in [0.1, 0.15) is 0 Å². The summed E-state index contributed by atoms with van der Waals surface area (Å²) in [6, 6.07) is 0. The van der Waals surface area contributed by atoms with Gasteiger partial charge < -0.3 is 29.5 Å². The molecule has 0 bridgehead atoms. The number of nitrogens with zero attached hydrogens (tertiary/aromatic N) is 2. The molecular weight excluding hydrogens is 466 g/mol. The Kier molecular flexibility index (Phi) is 5.47. The molecule has 8 nitrogen and oxygen atoms in total. The van der Waals surface area contributed by atoms with Crippen LogP contribution in [0.4, 0.5) is 26.3 Å². The van der Waals surface area contributed by atoms with E-state index in [1.165, 1.54) is 34.6 Å². The number of hydrogen-bond donors (Lipinski definition) is 2. The molecule has 2 atom stereocenters. The van der Waals surface area contributed by atoms with Gasteiger partial charge in [0.15, 0.2) is 11.2 Å². The lowest BCUT2D eigenvalue weighted by molar-refractivity contribution is -0.582. The third-order valence-electron chi connectivity index (χ3n) is 6.21. The Morgan fingerprint density at radius 1 is 0.788 bits per heavy atom. The first kappa shape index (κ1) is 26.0. The van der Waals surface area contributed by atoms with Crippen LogP contribution in [0.1, 0.15) is 34.6 Å². The Morgan fingerprint density at radius 3 is 1.39 bits per heavy atom. The summed E-state index contributed by atoms with van der Waals surface area (Å²) in [5.74, 6) is -10.7. The van der Waals surface area contributed by atoms with E-state index >= 15 is 0 Å². The molecule has 0 aromatic heterocycles. The highest BCUT2D eigenvalue weighted by Gasteiger charge is 2.87. The Morgan fingerprint density at radius 2 is 1.12 bits per heavy atom. The van der Waals surface area contributed by atoms with Crippen LogP contribution in [-0.2, 0) is 19.1 Å². The number of carbonyl (C=O) groups is 2. The SMILES string of the molecule is CC(C)C(=O)N1CC2(C1)O[C@](O)(C(F)(F)F)C1(CN(C(=O)C(C)(C)C)C1)O[C@@]2(O)C(F)(F)F. The number of ether oxygens (including phenoxy) is 2. The Balaban J connectivity index is 2.04. The van der Waals surface area contributed by atoms with Crippen molar-refractivity contribution in [3.8, 4) is 0 Å². The third kappa shape index (κ3) is 3.43. The van der Waals surface area contributed by atoms with Crippen LogP contribution >= 0.6 is 0 Å². The van der Waals surface area contributed by atoms with Crippen LogP contribution in [0, 0.1) is 11.3 Å². The van der Waals surface area contributed by atoms with Gasteiger partial charge in [-0.15, -0.1) is 0 Å². The first-order chi connectivity index (χ1) is 14.6. The smallest absolute Gasteiger partial charge is 0.356 e. The van der Waals surface area contributed by atoms with E-state index in [0.29, 0.717) is 0 Å². The molecule has 0 aromatic carbocycles. The zero-order chi connectivity index (χ0) is 25.6. The van der Waals surface area contributed by atoms with Crippen molar-refractivity contribution in [2.45, 2.75) is 69.7 Å². The van der Waals surface area contributed by atoms with Crippen molar-refractivity contribution in [3.63, 3.8) is 0 Å². The molecule has 0 saturated carbocycles. The molecule has 33 heavy (non-hydrogen) atoms. The van der Waals surface area contributed by atoms with Crippen LogP contribution in [0.15, 0.2) is 0 Å². The molecule has 3 fully saturated rings. The number of alkyl halides is 6. The van der Waals surface area contributed by atoms with Gasteiger partial charge in [0.05, 0.1) is 26.2 Å². The second kappa shape index (κ2) is 6.95. The second-order valence-corrected chi connectivity index (χ2v) is 10.2. The maximum Gasteiger partial charge on any atom is 0.446 e. The summed E-state index contributed by atoms with van der Waals surface area (Å²) in [5, 5.41) is 21.2. The lowest BCUT2D eigenvalue weighted by Crippen LogP contribution is -2.93. The molecule has 3 aliphatic rings. The van der Waals surface area contributed by atoms with Gasteiger partial charge in [-0.05, 0) is 0 Å². The van der Waals surface area contributed by atoms with E-state index in [9.17, 15) is 46.1 Å². The molecule has 2 spiro atoms. The quantitative estimate of drug-likeness (QED) is 0.537. The van der Waals surface area contributed by atoms with Crippen molar-refractivity contribution < 1.29 is 55.6 Å². The zero-order valence-electron chi connectivity index (χ0n) is 18.6. The lowest BCUT2D eigenvalue weighted by atomic mass is 9.74. The van der Waals surface area contributed by atoms with E-state index in [4.69, 9.17) is 9.47 Å². The predicted molar refractivity (Wildman–Crippen MR) is 97.1 cm³/mol. The summed E-state index contributed by atoms with van der Waals surface area (Å²) in [4.78, 5) is 26.1. The topological polar surface area (TPSA) is 99.5 Å². The van der Waals surface area contributed by atoms with Crippen LogP contribution in [0.25, 0.3) is 0 Å². The second-order valence-electron chi connectivity index (χ2n) is 10.2. The molecular formula is C19H26F6N2O6. The minimum atomic E-state index is -5.66. The molecule has 3 saturated heterocycles. The molecule has 0 radical (unpaired) electrons. The van der Waals surface area contributed by atoms with Gasteiger partial charge in [-0.2, -0.15) is 26.3 Å². The zero-order valence-corrected chi connectivity index (χ0v) is 18.6. The first-order valence-corrected chi connectivity index (χ1v) is 10.1. The number of aliphatic hydroxyl groups is 2. The standard InChI is InChI=1S/C19H26F6N2O6/c1-10(2)11(28)26-6-14(7-26)16(30,18(20,21)22)33-15(17(31,32-14)19(23,24)25)8-27(9-15)12(29)13(3,4)5/h10,30-31H,6-9H2,1-5H3/t16-,17+/m1/s1. The highest BCUT2D eigenvalue weighted by molar-refractivity contribution is 5.82. The summed E-state index contributed by atoms with van der Waals surface area (Å²) >= 11 is 0. The molecule has 3 heterocycles. The number of carbonyl (C=O) groups excluding carboxylic acids is 2. The maximum atomic E-state index is 14.0. The normalized spacial score (nSPS) is 31.6. The Bertz CT molecular complexity index is 841. The predicted octanol–water partition coefficient (Wildman–Crippen LogP) is 1.40. The van der Waals surface area contributed by atoms with Crippen molar-refractivity contribution in [3.05, 3.63) is 0 Å². The number of amides is 2. The van der Waals surface area contributed by atoms with E-state index in [-0.39, 0.29) is 0 Å². The van der Waals surface area contributed by atoms with Crippen molar-refractivity contribution in [1.29, 1.82) is 0 Å². The van der Waals surface area contributed by atoms with Crippen LogP contribution in [0.2, 0.25) is 0 Å². The lowest BCUT2D eigenvalue weighted by Gasteiger charge is -2.69. The van der Waals surface area contributed by atoms with Crippen molar-refractivity contribution in [1.82, 2.24) is 9.80 Å². The molecule has 190 valence electrons. The number of rotatable bonds is 1. The number of hydrogen-bond acceptors (Lipinski definition) is 6. The maximum absolute atomic E-state index is 14.0. The van der Waals surface area contributed by atoms with E-state index < -0.39 is 84.5 Å². The van der Waals surface area contributed by atoms with Crippen molar-refractivity contribution in [2.24, 2.45) is 11.3 Å². The molecule has 0 aliphatic carbocycles. The van der Waals surface area contributed by atoms with Gasteiger partial charge in [0.25, 0.3) is 11.6 Å². The minimum absolute atomic E-state index is 0.685. The minimum Gasteiger partial charge on any atom is -0.356 e. The van der Waals surface area contributed by atoms with Crippen LogP contribution in [-0.4, -0.2) is 93.1 Å². The van der Waals surface area contributed by atoms with E-state index in [1.807, 2.05) is 0 Å². The van der Waals surface area contributed by atoms with E-state index in [1.54, 1.807) is 0 Å². The molecule has 2 amide bonds. The van der Waals surface area contributed by atoms with Gasteiger partial charge in [-0.25, -0.2) is 0 Å². The Labute approximate surface area is 185 Å². The fourth-order valence-corrected chi connectivity index (χ4v) is 4.36. The number of halogens is 6. The van der Waals surface area contributed by atoms with E-state index in [0.717, 1.165) is 9.80 Å². The van der Waals surface area contributed by atoms with Crippen molar-refractivity contribution in [2.75, 3.05) is 26.2 Å². The molecule has 3 aliphatic heterocycles. The fourth-order valence-electron chi connectivity index (χ4n) is 4.36. The van der Waals surface area contributed by atoms with Gasteiger partial charge >= 0.3 is 12.4 Å². The Hall–Kier alpha value is -1.64. The largest absolute Gasteiger partial charge is 0.446 e. The van der Waals surface area contributed by atoms with Gasteiger partial charge in [-0.1, -0.05) is 34.6 Å². The van der Waals surface area contributed by atoms with Crippen LogP contribution in [0.5, 0.6) is 0 Å². The summed E-state index contributed by atoms with van der Waals surface area (Å²) in [5.41, 5.74) is -7.37. The van der Waals surface area contributed by atoms with Crippen molar-refractivity contribution >= 4 is 11.8 Å². The molecule has 14 heteroatoms. The monoisotopic (exact) mass is 492 g/mol. The highest BCUT2D eigenvalue weighted by Crippen LogP contribution is 2.61. The average Bonchev–Trinajstić information content (AvgIpc) is 2.55. The van der Waals surface area contributed by atoms with Gasteiger partial charge in [0.2, 0.25) is 11.8 Å². The van der Waals surface area contributed by atoms with Crippen LogP contribution in [0.3, 0.4) is 0 Å². The summed E-state index contributed by atoms with van der Waals surface area (Å²) < 4.78 is 93.7. The molecule has 0 aromatic rings. The molecule has 3 rings (SSSR count). The molecule has 2 N–H and O–H groups in total. The third-order valence-corrected chi connectivity index (χ3v) is 6.21. The summed E-state index contributed by atoms with van der Waals surface area (Å²) in [6.07, 6.45) is -11.3. The van der Waals surface area contributed by atoms with Crippen LogP contribution < -0.4 is 0 Å². The highest BCUT2D eigenvalue weighted by atomic mass is 19.4. The summed E-state index contributed by atoms with van der Waals surface area (Å²) in [7, 11) is 0. The average molecular weight is 492 g/mol. The van der Waals surface area contributed by atoms with Gasteiger partial charge in [-0.3, -0.25) is 9.59 Å². The molecule has 0 unspecified atom stereocenters. The van der Waals surface area contributed by atoms with E-state index in [2.05, 4.69) is 0 Å². The fraction of sp³-hybridized carbons (Fsp3) is 0.895. The first-order valence-electron chi connectivity index (χ1n) is 10.1. The summed E-state index contributed by atoms with van der Waals surface area (Å²) in [6.45, 7) is 2.79. The van der Waals surface area contributed by atoms with Gasteiger partial charge in [0, 0.05) is 11.3 Å².